The first-order valence-electron chi connectivity index (χ1n) is 7.95. The molecular weight excluding hydrogens is 302 g/mol. The summed E-state index contributed by atoms with van der Waals surface area (Å²) in [6, 6.07) is 3.97. The molecule has 0 aliphatic carbocycles. The van der Waals surface area contributed by atoms with Crippen LogP contribution < -0.4 is 5.73 Å². The van der Waals surface area contributed by atoms with Crippen molar-refractivity contribution < 1.29 is 18.4 Å². The number of hydrogen-bond acceptors (Lipinski definition) is 2. The van der Waals surface area contributed by atoms with Crippen LogP contribution in [0.4, 0.5) is 8.78 Å². The van der Waals surface area contributed by atoms with Crippen LogP contribution in [0.5, 0.6) is 0 Å². The van der Waals surface area contributed by atoms with Crippen molar-refractivity contribution in [3.63, 3.8) is 0 Å². The van der Waals surface area contributed by atoms with Crippen LogP contribution in [0.3, 0.4) is 0 Å². The van der Waals surface area contributed by atoms with Gasteiger partial charge in [-0.25, -0.2) is 8.78 Å². The summed E-state index contributed by atoms with van der Waals surface area (Å²) < 4.78 is 26.1. The maximum atomic E-state index is 13.2. The first-order chi connectivity index (χ1) is 11.0. The smallest absolute Gasteiger partial charge is 0.223 e. The number of nitrogens with two attached hydrogens (primary N) is 1. The van der Waals surface area contributed by atoms with Crippen LogP contribution in [0.2, 0.25) is 0 Å². The summed E-state index contributed by atoms with van der Waals surface area (Å²) in [6.07, 6.45) is 3.66. The Kier molecular flexibility index (Phi) is 6.07. The second kappa shape index (κ2) is 8.04. The van der Waals surface area contributed by atoms with Crippen molar-refractivity contribution in [1.29, 1.82) is 0 Å². The van der Waals surface area contributed by atoms with Crippen LogP contribution in [0.25, 0.3) is 0 Å². The molecule has 1 aromatic rings. The number of piperidine rings is 1. The minimum Gasteiger partial charge on any atom is -0.370 e. The minimum atomic E-state index is -0.836. The Balaban J connectivity index is 1.82. The normalized spacial score (nSPS) is 18.0. The minimum absolute atomic E-state index is 0.0404. The third kappa shape index (κ3) is 5.30. The lowest BCUT2D eigenvalue weighted by molar-refractivity contribution is -0.134. The Hall–Kier alpha value is -1.98. The number of benzene rings is 1. The molecule has 126 valence electrons. The van der Waals surface area contributed by atoms with E-state index in [0.717, 1.165) is 30.9 Å². The standard InChI is InChI=1S/C17H22F2N2O2/c18-14-6-5-12(10-15(14)19)3-4-13-2-1-9-21(11-13)17(23)8-7-16(20)22/h5-6,10,13H,1-4,7-9,11H2,(H2,20,22)/t13-/m1/s1. The van der Waals surface area contributed by atoms with E-state index in [1.165, 1.54) is 6.07 Å². The number of nitrogens with zero attached hydrogens (tertiary/aromatic N) is 1. The van der Waals surface area contributed by atoms with Gasteiger partial charge in [0.1, 0.15) is 0 Å². The molecule has 0 bridgehead atoms. The lowest BCUT2D eigenvalue weighted by Crippen LogP contribution is -2.40. The molecule has 0 spiro atoms. The molecule has 1 aliphatic rings. The topological polar surface area (TPSA) is 63.4 Å². The van der Waals surface area contributed by atoms with Gasteiger partial charge in [0, 0.05) is 25.9 Å². The molecule has 1 aliphatic heterocycles. The third-order valence-corrected chi connectivity index (χ3v) is 4.28. The average Bonchev–Trinajstić information content (AvgIpc) is 2.54. The highest BCUT2D eigenvalue weighted by Gasteiger charge is 2.23. The molecule has 0 unspecified atom stereocenters. The second-order valence-electron chi connectivity index (χ2n) is 6.10. The van der Waals surface area contributed by atoms with Gasteiger partial charge in [0.25, 0.3) is 0 Å². The van der Waals surface area contributed by atoms with Crippen LogP contribution in [-0.4, -0.2) is 29.8 Å². The Bertz CT molecular complexity index is 578. The van der Waals surface area contributed by atoms with Crippen molar-refractivity contribution in [3.8, 4) is 0 Å². The van der Waals surface area contributed by atoms with Crippen molar-refractivity contribution in [3.05, 3.63) is 35.4 Å². The predicted molar refractivity (Wildman–Crippen MR) is 82.4 cm³/mol. The Morgan fingerprint density at radius 1 is 1.22 bits per heavy atom. The fourth-order valence-electron chi connectivity index (χ4n) is 2.98. The first kappa shape index (κ1) is 17.4. The van der Waals surface area contributed by atoms with E-state index < -0.39 is 17.5 Å². The van der Waals surface area contributed by atoms with Crippen molar-refractivity contribution in [1.82, 2.24) is 4.90 Å². The summed E-state index contributed by atoms with van der Waals surface area (Å²) in [5.74, 6) is -1.83. The molecular formula is C17H22F2N2O2. The number of amides is 2. The fraction of sp³-hybridized carbons (Fsp3) is 0.529. The number of primary amides is 1. The highest BCUT2D eigenvalue weighted by molar-refractivity contribution is 5.82. The molecule has 0 saturated carbocycles. The lowest BCUT2D eigenvalue weighted by Gasteiger charge is -2.33. The monoisotopic (exact) mass is 324 g/mol. The highest BCUT2D eigenvalue weighted by atomic mass is 19.2. The number of carbonyl (C=O) groups excluding carboxylic acids is 2. The zero-order chi connectivity index (χ0) is 16.8. The molecule has 23 heavy (non-hydrogen) atoms. The van der Waals surface area contributed by atoms with E-state index in [9.17, 15) is 18.4 Å². The first-order valence-corrected chi connectivity index (χ1v) is 7.95. The van der Waals surface area contributed by atoms with Crippen molar-refractivity contribution >= 4 is 11.8 Å². The van der Waals surface area contributed by atoms with Crippen LogP contribution in [0.15, 0.2) is 18.2 Å². The van der Waals surface area contributed by atoms with Gasteiger partial charge < -0.3 is 10.6 Å². The van der Waals surface area contributed by atoms with E-state index in [2.05, 4.69) is 0 Å². The predicted octanol–water partition coefficient (Wildman–Crippen LogP) is 2.40. The Morgan fingerprint density at radius 3 is 2.70 bits per heavy atom. The van der Waals surface area contributed by atoms with Crippen molar-refractivity contribution in [2.75, 3.05) is 13.1 Å². The zero-order valence-electron chi connectivity index (χ0n) is 13.1. The fourth-order valence-corrected chi connectivity index (χ4v) is 2.98. The van der Waals surface area contributed by atoms with E-state index in [-0.39, 0.29) is 18.7 Å². The summed E-state index contributed by atoms with van der Waals surface area (Å²) in [5, 5.41) is 0. The van der Waals surface area contributed by atoms with Gasteiger partial charge in [-0.3, -0.25) is 9.59 Å². The van der Waals surface area contributed by atoms with Crippen LogP contribution in [0, 0.1) is 17.6 Å². The van der Waals surface area contributed by atoms with Gasteiger partial charge in [0.15, 0.2) is 11.6 Å². The van der Waals surface area contributed by atoms with Crippen LogP contribution >= 0.6 is 0 Å². The molecule has 1 atom stereocenters. The van der Waals surface area contributed by atoms with Crippen LogP contribution in [-0.2, 0) is 16.0 Å². The summed E-state index contributed by atoms with van der Waals surface area (Å²) in [7, 11) is 0. The highest BCUT2D eigenvalue weighted by Crippen LogP contribution is 2.22. The van der Waals surface area contributed by atoms with Crippen molar-refractivity contribution in [2.24, 2.45) is 11.7 Å². The summed E-state index contributed by atoms with van der Waals surface area (Å²) in [4.78, 5) is 24.6. The van der Waals surface area contributed by atoms with E-state index >= 15 is 0 Å². The molecule has 6 heteroatoms. The number of aryl methyl sites for hydroxylation is 1. The lowest BCUT2D eigenvalue weighted by atomic mass is 9.91. The molecule has 2 N–H and O–H groups in total. The molecule has 0 aromatic heterocycles. The molecule has 4 nitrogen and oxygen atoms in total. The summed E-state index contributed by atoms with van der Waals surface area (Å²) in [6.45, 7) is 1.36. The van der Waals surface area contributed by atoms with Gasteiger partial charge in [0.05, 0.1) is 0 Å². The van der Waals surface area contributed by atoms with Crippen LogP contribution in [0.1, 0.15) is 37.7 Å². The van der Waals surface area contributed by atoms with Gasteiger partial charge >= 0.3 is 0 Å². The molecule has 1 saturated heterocycles. The van der Waals surface area contributed by atoms with E-state index in [1.54, 1.807) is 11.0 Å². The quantitative estimate of drug-likeness (QED) is 0.873. The van der Waals surface area contributed by atoms with Gasteiger partial charge in [-0.05, 0) is 49.3 Å². The number of rotatable bonds is 6. The van der Waals surface area contributed by atoms with E-state index in [1.807, 2.05) is 0 Å². The summed E-state index contributed by atoms with van der Waals surface area (Å²) >= 11 is 0. The van der Waals surface area contributed by atoms with Gasteiger partial charge in [0.2, 0.25) is 11.8 Å². The van der Waals surface area contributed by atoms with E-state index in [0.29, 0.717) is 25.4 Å². The van der Waals surface area contributed by atoms with Gasteiger partial charge in [-0.2, -0.15) is 0 Å². The van der Waals surface area contributed by atoms with Gasteiger partial charge in [-0.1, -0.05) is 6.07 Å². The largest absolute Gasteiger partial charge is 0.370 e. The zero-order valence-corrected chi connectivity index (χ0v) is 13.1. The molecule has 1 aromatic carbocycles. The number of hydrogen-bond donors (Lipinski definition) is 1. The maximum Gasteiger partial charge on any atom is 0.223 e. The number of halogens is 2. The Labute approximate surface area is 134 Å². The molecule has 1 heterocycles. The van der Waals surface area contributed by atoms with Gasteiger partial charge in [-0.15, -0.1) is 0 Å². The molecule has 0 radical (unpaired) electrons. The van der Waals surface area contributed by atoms with E-state index in [4.69, 9.17) is 5.73 Å². The SMILES string of the molecule is NC(=O)CCC(=O)N1CCC[C@H](CCc2ccc(F)c(F)c2)C1. The molecule has 2 amide bonds. The number of likely N-dealkylation sites (tertiary alicyclic amines) is 1. The second-order valence-corrected chi connectivity index (χ2v) is 6.10. The Morgan fingerprint density at radius 2 is 2.00 bits per heavy atom. The summed E-state index contributed by atoms with van der Waals surface area (Å²) in [5.41, 5.74) is 5.83. The average molecular weight is 324 g/mol. The number of carbonyl (C=O) groups is 2. The van der Waals surface area contributed by atoms with Crippen molar-refractivity contribution in [2.45, 2.75) is 38.5 Å². The molecule has 1 fully saturated rings. The third-order valence-electron chi connectivity index (χ3n) is 4.28. The molecule has 2 rings (SSSR count). The maximum absolute atomic E-state index is 13.2.